The molecule has 0 spiro atoms. The largest absolute Gasteiger partial charge is 0.497 e. The van der Waals surface area contributed by atoms with E-state index in [0.29, 0.717) is 39.0 Å². The van der Waals surface area contributed by atoms with Crippen LogP contribution in [0.4, 0.5) is 10.7 Å². The van der Waals surface area contributed by atoms with E-state index in [1.54, 1.807) is 86.0 Å². The second kappa shape index (κ2) is 15.6. The lowest BCUT2D eigenvalue weighted by atomic mass is 9.88. The van der Waals surface area contributed by atoms with Crippen molar-refractivity contribution in [2.75, 3.05) is 30.6 Å². The number of amides is 3. The predicted octanol–water partition coefficient (Wildman–Crippen LogP) is 6.81. The van der Waals surface area contributed by atoms with Crippen LogP contribution in [0, 0.1) is 5.92 Å². The van der Waals surface area contributed by atoms with Crippen molar-refractivity contribution in [2.24, 2.45) is 5.92 Å². The van der Waals surface area contributed by atoms with Gasteiger partial charge in [-0.25, -0.2) is 4.79 Å². The number of hydrogen-bond donors (Lipinski definition) is 3. The van der Waals surface area contributed by atoms with E-state index in [1.807, 2.05) is 6.07 Å². The Morgan fingerprint density at radius 1 is 0.957 bits per heavy atom. The molecule has 4 aromatic rings. The van der Waals surface area contributed by atoms with Crippen LogP contribution in [0.15, 0.2) is 89.5 Å². The number of thiophene rings is 1. The highest BCUT2D eigenvalue weighted by molar-refractivity contribution is 8.00. The molecule has 1 atom stereocenters. The molecular weight excluding hydrogens is 635 g/mol. The summed E-state index contributed by atoms with van der Waals surface area (Å²) in [5, 5.41) is 9.04. The maximum Gasteiger partial charge on any atom is 0.341 e. The van der Waals surface area contributed by atoms with Gasteiger partial charge in [-0.2, -0.15) is 0 Å². The lowest BCUT2D eigenvalue weighted by molar-refractivity contribution is -0.114. The van der Waals surface area contributed by atoms with Crippen LogP contribution in [0.5, 0.6) is 5.75 Å². The molecule has 0 fully saturated rings. The van der Waals surface area contributed by atoms with Gasteiger partial charge in [0.05, 0.1) is 25.5 Å². The van der Waals surface area contributed by atoms with Gasteiger partial charge in [-0.1, -0.05) is 43.3 Å². The number of methoxy groups -OCH3 is 2. The van der Waals surface area contributed by atoms with Crippen LogP contribution in [-0.2, 0) is 27.2 Å². The summed E-state index contributed by atoms with van der Waals surface area (Å²) in [5.74, 6) is -0.362. The van der Waals surface area contributed by atoms with Crippen LogP contribution in [0.3, 0.4) is 0 Å². The fourth-order valence-electron chi connectivity index (χ4n) is 5.14. The van der Waals surface area contributed by atoms with Crippen molar-refractivity contribution < 1.29 is 28.7 Å². The number of rotatable bonds is 11. The molecule has 1 heterocycles. The predicted molar refractivity (Wildman–Crippen MR) is 186 cm³/mol. The molecule has 1 aromatic heterocycles. The molecule has 0 bridgehead atoms. The summed E-state index contributed by atoms with van der Waals surface area (Å²) in [6, 6.07) is 22.8. The zero-order valence-corrected chi connectivity index (χ0v) is 27.9. The average molecular weight is 670 g/mol. The Morgan fingerprint density at radius 2 is 1.72 bits per heavy atom. The molecule has 9 nitrogen and oxygen atoms in total. The molecule has 11 heteroatoms. The Bertz CT molecular complexity index is 1800. The van der Waals surface area contributed by atoms with Crippen LogP contribution < -0.4 is 20.7 Å². The van der Waals surface area contributed by atoms with Crippen molar-refractivity contribution in [1.29, 1.82) is 0 Å². The van der Waals surface area contributed by atoms with Crippen LogP contribution >= 0.6 is 23.1 Å². The zero-order chi connectivity index (χ0) is 33.3. The van der Waals surface area contributed by atoms with E-state index in [4.69, 9.17) is 9.47 Å². The van der Waals surface area contributed by atoms with E-state index >= 15 is 0 Å². The molecule has 0 radical (unpaired) electrons. The fourth-order valence-corrected chi connectivity index (χ4v) is 7.31. The van der Waals surface area contributed by atoms with Crippen molar-refractivity contribution in [1.82, 2.24) is 5.32 Å². The summed E-state index contributed by atoms with van der Waals surface area (Å²) >= 11 is 2.74. The van der Waals surface area contributed by atoms with Gasteiger partial charge in [-0.05, 0) is 84.8 Å². The van der Waals surface area contributed by atoms with Gasteiger partial charge in [-0.3, -0.25) is 14.4 Å². The molecule has 3 aromatic carbocycles. The maximum atomic E-state index is 13.5. The van der Waals surface area contributed by atoms with Crippen molar-refractivity contribution in [3.63, 3.8) is 0 Å². The molecule has 0 saturated heterocycles. The average Bonchev–Trinajstić information content (AvgIpc) is 3.44. The Kier molecular flexibility index (Phi) is 11.1. The minimum absolute atomic E-state index is 0.0518. The number of carbonyl (C=O) groups is 4. The second-order valence-corrected chi connectivity index (χ2v) is 13.2. The van der Waals surface area contributed by atoms with E-state index < -0.39 is 17.8 Å². The first-order chi connectivity index (χ1) is 22.7. The monoisotopic (exact) mass is 669 g/mol. The van der Waals surface area contributed by atoms with Gasteiger partial charge in [0.2, 0.25) is 5.91 Å². The molecule has 0 aliphatic heterocycles. The normalized spacial score (nSPS) is 14.0. The summed E-state index contributed by atoms with van der Waals surface area (Å²) < 4.78 is 10.3. The van der Waals surface area contributed by atoms with Gasteiger partial charge in [0, 0.05) is 21.0 Å². The summed E-state index contributed by atoms with van der Waals surface area (Å²) in [6.07, 6.45) is 4.24. The third-order valence-corrected chi connectivity index (χ3v) is 9.74. The van der Waals surface area contributed by atoms with E-state index in [1.165, 1.54) is 30.2 Å². The molecule has 1 aliphatic rings. The molecule has 0 saturated carbocycles. The zero-order valence-electron chi connectivity index (χ0n) is 26.3. The number of benzene rings is 3. The van der Waals surface area contributed by atoms with Crippen molar-refractivity contribution >= 4 is 63.6 Å². The quantitative estimate of drug-likeness (QED) is 0.0911. The molecule has 1 aliphatic carbocycles. The number of hydrogen-bond acceptors (Lipinski definition) is 8. The Labute approximate surface area is 281 Å². The topological polar surface area (TPSA) is 123 Å². The number of carbonyl (C=O) groups excluding carboxylic acids is 4. The smallest absolute Gasteiger partial charge is 0.341 e. The van der Waals surface area contributed by atoms with Gasteiger partial charge >= 0.3 is 5.97 Å². The Balaban J connectivity index is 1.27. The molecule has 242 valence electrons. The van der Waals surface area contributed by atoms with Crippen LogP contribution in [0.25, 0.3) is 6.08 Å². The van der Waals surface area contributed by atoms with Gasteiger partial charge in [0.25, 0.3) is 11.8 Å². The fraction of sp³-hybridized carbons (Fsp3) is 0.222. The highest BCUT2D eigenvalue weighted by Gasteiger charge is 2.29. The van der Waals surface area contributed by atoms with Crippen molar-refractivity contribution in [2.45, 2.75) is 31.1 Å². The summed E-state index contributed by atoms with van der Waals surface area (Å²) in [6.45, 7) is 2.19. The third kappa shape index (κ3) is 8.69. The molecule has 3 N–H and O–H groups in total. The first-order valence-corrected chi connectivity index (χ1v) is 16.8. The summed E-state index contributed by atoms with van der Waals surface area (Å²) in [7, 11) is 2.92. The Hall–Kier alpha value is -4.87. The highest BCUT2D eigenvalue weighted by atomic mass is 32.2. The van der Waals surface area contributed by atoms with Crippen LogP contribution in [0.1, 0.15) is 50.1 Å². The van der Waals surface area contributed by atoms with Gasteiger partial charge in [0.1, 0.15) is 16.4 Å². The van der Waals surface area contributed by atoms with Crippen LogP contribution in [0.2, 0.25) is 0 Å². The van der Waals surface area contributed by atoms with E-state index in [2.05, 4.69) is 22.9 Å². The van der Waals surface area contributed by atoms with E-state index in [0.717, 1.165) is 34.6 Å². The maximum absolute atomic E-state index is 13.5. The number of ether oxygens (including phenoxy) is 2. The van der Waals surface area contributed by atoms with Gasteiger partial charge < -0.3 is 25.4 Å². The van der Waals surface area contributed by atoms with Crippen LogP contribution in [-0.4, -0.2) is 43.7 Å². The number of anilines is 2. The van der Waals surface area contributed by atoms with Crippen molar-refractivity contribution in [3.05, 3.63) is 112 Å². The number of nitrogens with one attached hydrogen (secondary N) is 3. The summed E-state index contributed by atoms with van der Waals surface area (Å²) in [4.78, 5) is 53.9. The van der Waals surface area contributed by atoms with Gasteiger partial charge in [0.15, 0.2) is 0 Å². The van der Waals surface area contributed by atoms with Crippen molar-refractivity contribution in [3.8, 4) is 5.75 Å². The molecule has 3 amide bonds. The minimum atomic E-state index is -0.517. The Morgan fingerprint density at radius 3 is 2.45 bits per heavy atom. The lowest BCUT2D eigenvalue weighted by Crippen LogP contribution is -2.30. The lowest BCUT2D eigenvalue weighted by Gasteiger charge is -2.18. The highest BCUT2D eigenvalue weighted by Crippen LogP contribution is 2.40. The molecule has 47 heavy (non-hydrogen) atoms. The molecule has 1 unspecified atom stereocenters. The first-order valence-electron chi connectivity index (χ1n) is 15.0. The third-order valence-electron chi connectivity index (χ3n) is 7.57. The minimum Gasteiger partial charge on any atom is -0.497 e. The standard InChI is InChI=1S/C36H35N3O6S2/c1-22-12-17-28-30(18-22)47-35(32(28)36(43)45-3)39-31(40)21-46-27-11-7-10-25(20-27)37-34(42)29(19-23-13-15-26(44-2)16-14-23)38-33(41)24-8-5-4-6-9-24/h4-11,13-16,19-20,22H,12,17-18,21H2,1-3H3,(H,37,42)(H,38,41)(H,39,40)/b29-19+. The molecular formula is C36H35N3O6S2. The second-order valence-electron chi connectivity index (χ2n) is 11.0. The number of thioether (sulfide) groups is 1. The first kappa shape index (κ1) is 33.5. The number of esters is 1. The van der Waals surface area contributed by atoms with E-state index in [-0.39, 0.29) is 17.4 Å². The SMILES string of the molecule is COC(=O)c1c(NC(=O)CSc2cccc(NC(=O)/C(=C\c3ccc(OC)cc3)NC(=O)c3ccccc3)c2)sc2c1CCC(C)C2. The van der Waals surface area contributed by atoms with Gasteiger partial charge in [-0.15, -0.1) is 23.1 Å². The number of fused-ring (bicyclic) bond motifs is 1. The van der Waals surface area contributed by atoms with E-state index in [9.17, 15) is 19.2 Å². The molecule has 5 rings (SSSR count). The summed E-state index contributed by atoms with van der Waals surface area (Å²) in [5.41, 5.74) is 3.08.